The topological polar surface area (TPSA) is 105 Å². The summed E-state index contributed by atoms with van der Waals surface area (Å²) >= 11 is 0. The lowest BCUT2D eigenvalue weighted by Crippen LogP contribution is -2.42. The molecule has 0 aliphatic rings. The molecule has 0 unspecified atom stereocenters. The van der Waals surface area contributed by atoms with E-state index in [1.165, 1.54) is 18.5 Å². The van der Waals surface area contributed by atoms with Gasteiger partial charge >= 0.3 is 0 Å². The molecule has 0 fully saturated rings. The molecule has 0 atom stereocenters. The summed E-state index contributed by atoms with van der Waals surface area (Å²) < 4.78 is 32.1. The fourth-order valence-corrected chi connectivity index (χ4v) is 2.90. The van der Waals surface area contributed by atoms with E-state index in [1.807, 2.05) is 0 Å². The normalized spacial score (nSPS) is 12.2. The van der Waals surface area contributed by atoms with Crippen molar-refractivity contribution in [1.29, 1.82) is 0 Å². The van der Waals surface area contributed by atoms with Gasteiger partial charge in [0.05, 0.1) is 0 Å². The Kier molecular flexibility index (Phi) is 10.8. The van der Waals surface area contributed by atoms with Gasteiger partial charge in [-0.1, -0.05) is 13.3 Å². The van der Waals surface area contributed by atoms with Gasteiger partial charge in [-0.05, 0) is 25.0 Å². The second-order valence-corrected chi connectivity index (χ2v) is 7.10. The molecule has 0 spiro atoms. The highest BCUT2D eigenvalue weighted by atomic mass is 32.2. The third-order valence-electron chi connectivity index (χ3n) is 3.28. The van der Waals surface area contributed by atoms with Gasteiger partial charge in [0.25, 0.3) is 0 Å². The summed E-state index contributed by atoms with van der Waals surface area (Å²) in [6.45, 7) is 5.07. The fraction of sp³-hybridized carbons (Fsp3) is 0.625. The Bertz CT molecular complexity index is 593. The minimum atomic E-state index is -3.53. The van der Waals surface area contributed by atoms with Crippen molar-refractivity contribution >= 4 is 16.0 Å². The summed E-state index contributed by atoms with van der Waals surface area (Å²) in [5, 5.41) is 6.22. The molecule has 0 saturated heterocycles. The largest absolute Gasteiger partial charge is 0.381 e. The highest BCUT2D eigenvalue weighted by molar-refractivity contribution is 7.89. The number of pyridine rings is 1. The SMILES string of the molecule is CCCCOCCCNC(=NC)NCCNS(=O)(=O)c1cccnc1. The number of nitrogens with zero attached hydrogens (tertiary/aromatic N) is 2. The first-order valence-corrected chi connectivity index (χ1v) is 10.0. The third kappa shape index (κ3) is 9.37. The first-order valence-electron chi connectivity index (χ1n) is 8.52. The zero-order valence-corrected chi connectivity index (χ0v) is 15.8. The van der Waals surface area contributed by atoms with Gasteiger partial charge in [0, 0.05) is 52.3 Å². The first kappa shape index (κ1) is 21.3. The van der Waals surface area contributed by atoms with E-state index in [2.05, 4.69) is 32.3 Å². The molecule has 1 aromatic heterocycles. The quantitative estimate of drug-likeness (QED) is 0.284. The second-order valence-electron chi connectivity index (χ2n) is 5.33. The monoisotopic (exact) mass is 371 g/mol. The predicted octanol–water partition coefficient (Wildman–Crippen LogP) is 0.732. The Morgan fingerprint density at radius 1 is 1.20 bits per heavy atom. The lowest BCUT2D eigenvalue weighted by Gasteiger charge is -2.12. The summed E-state index contributed by atoms with van der Waals surface area (Å²) in [5.41, 5.74) is 0. The number of unbranched alkanes of at least 4 members (excludes halogenated alkanes) is 1. The van der Waals surface area contributed by atoms with E-state index < -0.39 is 10.0 Å². The summed E-state index contributed by atoms with van der Waals surface area (Å²) in [7, 11) is -1.85. The van der Waals surface area contributed by atoms with Gasteiger partial charge in [0.1, 0.15) is 4.90 Å². The molecule has 0 amide bonds. The molecule has 0 saturated carbocycles. The number of nitrogens with one attached hydrogen (secondary N) is 3. The van der Waals surface area contributed by atoms with Crippen molar-refractivity contribution in [2.45, 2.75) is 31.1 Å². The molecule has 142 valence electrons. The van der Waals surface area contributed by atoms with Crippen LogP contribution in [0, 0.1) is 0 Å². The maximum atomic E-state index is 12.0. The van der Waals surface area contributed by atoms with E-state index in [0.29, 0.717) is 12.5 Å². The number of hydrogen-bond donors (Lipinski definition) is 3. The molecule has 9 heteroatoms. The van der Waals surface area contributed by atoms with Gasteiger partial charge in [0.15, 0.2) is 5.96 Å². The van der Waals surface area contributed by atoms with Gasteiger partial charge in [-0.2, -0.15) is 0 Å². The molecule has 25 heavy (non-hydrogen) atoms. The average molecular weight is 372 g/mol. The van der Waals surface area contributed by atoms with Gasteiger partial charge in [-0.3, -0.25) is 9.98 Å². The number of guanidine groups is 1. The van der Waals surface area contributed by atoms with E-state index in [9.17, 15) is 8.42 Å². The van der Waals surface area contributed by atoms with E-state index in [1.54, 1.807) is 13.1 Å². The first-order chi connectivity index (χ1) is 12.1. The van der Waals surface area contributed by atoms with Crippen molar-refractivity contribution in [2.24, 2.45) is 4.99 Å². The molecule has 0 aliphatic carbocycles. The van der Waals surface area contributed by atoms with Crippen LogP contribution in [0.5, 0.6) is 0 Å². The van der Waals surface area contributed by atoms with Crippen molar-refractivity contribution < 1.29 is 13.2 Å². The Morgan fingerprint density at radius 2 is 1.96 bits per heavy atom. The average Bonchev–Trinajstić information content (AvgIpc) is 2.63. The van der Waals surface area contributed by atoms with Crippen molar-refractivity contribution in [3.05, 3.63) is 24.5 Å². The van der Waals surface area contributed by atoms with Crippen LogP contribution in [0.1, 0.15) is 26.2 Å². The van der Waals surface area contributed by atoms with Gasteiger partial charge in [0.2, 0.25) is 10.0 Å². The number of ether oxygens (including phenoxy) is 1. The molecule has 0 bridgehead atoms. The molecular formula is C16H29N5O3S. The van der Waals surface area contributed by atoms with Crippen molar-refractivity contribution in [3.63, 3.8) is 0 Å². The van der Waals surface area contributed by atoms with Crippen LogP contribution in [0.25, 0.3) is 0 Å². The zero-order chi connectivity index (χ0) is 18.4. The smallest absolute Gasteiger partial charge is 0.242 e. The number of aliphatic imine (C=N–C) groups is 1. The highest BCUT2D eigenvalue weighted by Crippen LogP contribution is 2.04. The summed E-state index contributed by atoms with van der Waals surface area (Å²) in [4.78, 5) is 8.06. The van der Waals surface area contributed by atoms with Crippen LogP contribution in [0.3, 0.4) is 0 Å². The van der Waals surface area contributed by atoms with Crippen molar-refractivity contribution in [3.8, 4) is 0 Å². The summed E-state index contributed by atoms with van der Waals surface area (Å²) in [6.07, 6.45) is 5.97. The maximum Gasteiger partial charge on any atom is 0.242 e. The van der Waals surface area contributed by atoms with E-state index >= 15 is 0 Å². The predicted molar refractivity (Wildman–Crippen MR) is 99.1 cm³/mol. The van der Waals surface area contributed by atoms with Crippen LogP contribution in [0.4, 0.5) is 0 Å². The van der Waals surface area contributed by atoms with E-state index in [-0.39, 0.29) is 11.4 Å². The van der Waals surface area contributed by atoms with Crippen molar-refractivity contribution in [1.82, 2.24) is 20.3 Å². The molecule has 8 nitrogen and oxygen atoms in total. The molecule has 0 radical (unpaired) electrons. The Morgan fingerprint density at radius 3 is 2.64 bits per heavy atom. The van der Waals surface area contributed by atoms with Crippen LogP contribution in [-0.2, 0) is 14.8 Å². The molecule has 0 aromatic carbocycles. The molecule has 0 aliphatic heterocycles. The lowest BCUT2D eigenvalue weighted by molar-refractivity contribution is 0.129. The highest BCUT2D eigenvalue weighted by Gasteiger charge is 2.12. The molecule has 1 rings (SSSR count). The zero-order valence-electron chi connectivity index (χ0n) is 15.0. The minimum Gasteiger partial charge on any atom is -0.381 e. The van der Waals surface area contributed by atoms with Crippen LogP contribution < -0.4 is 15.4 Å². The lowest BCUT2D eigenvalue weighted by atomic mass is 10.4. The van der Waals surface area contributed by atoms with E-state index in [0.717, 1.165) is 39.0 Å². The third-order valence-corrected chi connectivity index (χ3v) is 4.72. The standard InChI is InChI=1S/C16H29N5O3S/c1-3-4-12-24-13-6-9-19-16(17-2)20-10-11-21-25(22,23)15-7-5-8-18-14-15/h5,7-8,14,21H,3-4,6,9-13H2,1-2H3,(H2,17,19,20). The molecule has 1 aromatic rings. The summed E-state index contributed by atoms with van der Waals surface area (Å²) in [5.74, 6) is 0.633. The van der Waals surface area contributed by atoms with Gasteiger partial charge in [-0.25, -0.2) is 13.1 Å². The number of sulfonamides is 1. The van der Waals surface area contributed by atoms with Crippen molar-refractivity contribution in [2.75, 3.05) is 39.9 Å². The minimum absolute atomic E-state index is 0.153. The Labute approximate surface area is 150 Å². The fourth-order valence-electron chi connectivity index (χ4n) is 1.91. The van der Waals surface area contributed by atoms with Gasteiger partial charge in [-0.15, -0.1) is 0 Å². The Hall–Kier alpha value is -1.71. The summed E-state index contributed by atoms with van der Waals surface area (Å²) in [6, 6.07) is 3.09. The maximum absolute atomic E-state index is 12.0. The number of hydrogen-bond acceptors (Lipinski definition) is 5. The number of rotatable bonds is 12. The van der Waals surface area contributed by atoms with E-state index in [4.69, 9.17) is 4.74 Å². The van der Waals surface area contributed by atoms with Gasteiger partial charge < -0.3 is 15.4 Å². The molecular weight excluding hydrogens is 342 g/mol. The number of aromatic nitrogens is 1. The molecule has 1 heterocycles. The molecule has 3 N–H and O–H groups in total. The van der Waals surface area contributed by atoms with Crippen LogP contribution in [0.2, 0.25) is 0 Å². The second kappa shape index (κ2) is 12.6. The van der Waals surface area contributed by atoms with Crippen LogP contribution in [-0.4, -0.2) is 59.3 Å². The Balaban J connectivity index is 2.17. The van der Waals surface area contributed by atoms with Crippen LogP contribution >= 0.6 is 0 Å². The van der Waals surface area contributed by atoms with Crippen LogP contribution in [0.15, 0.2) is 34.4 Å².